The first-order valence-corrected chi connectivity index (χ1v) is 18.4. The average molecular weight is 831 g/mol. The molecule has 58 heavy (non-hydrogen) atoms. The fourth-order valence-corrected chi connectivity index (χ4v) is 6.79. The summed E-state index contributed by atoms with van der Waals surface area (Å²) >= 11 is 0. The van der Waals surface area contributed by atoms with Crippen LogP contribution < -0.4 is 9.47 Å². The minimum atomic E-state index is -1.94. The van der Waals surface area contributed by atoms with Gasteiger partial charge in [-0.3, -0.25) is 9.59 Å². The number of methoxy groups -OCH3 is 2. The second-order valence-corrected chi connectivity index (χ2v) is 14.7. The van der Waals surface area contributed by atoms with Crippen molar-refractivity contribution < 1.29 is 98.9 Å². The van der Waals surface area contributed by atoms with E-state index in [2.05, 4.69) is 0 Å². The van der Waals surface area contributed by atoms with Crippen molar-refractivity contribution in [3.05, 3.63) is 47.5 Å². The van der Waals surface area contributed by atoms with Crippen LogP contribution in [0, 0.1) is 11.8 Å². The van der Waals surface area contributed by atoms with Gasteiger partial charge in [0.2, 0.25) is 0 Å². The van der Waals surface area contributed by atoms with Gasteiger partial charge in [-0.05, 0) is 67.0 Å². The lowest BCUT2D eigenvalue weighted by Crippen LogP contribution is -2.59. The van der Waals surface area contributed by atoms with Gasteiger partial charge in [0.1, 0.15) is 55.4 Å². The Morgan fingerprint density at radius 2 is 1.16 bits per heavy atom. The van der Waals surface area contributed by atoms with Crippen LogP contribution in [0.5, 0.6) is 23.0 Å². The number of carbonyl (C=O) groups is 2. The predicted octanol–water partition coefficient (Wildman–Crippen LogP) is -2.07. The molecule has 2 aliphatic rings. The van der Waals surface area contributed by atoms with E-state index in [9.17, 15) is 60.7 Å². The Morgan fingerprint density at radius 3 is 1.59 bits per heavy atom. The molecule has 2 aliphatic heterocycles. The molecular weight excluding hydrogens is 776 g/mol. The highest BCUT2D eigenvalue weighted by atomic mass is 16.7. The van der Waals surface area contributed by atoms with Gasteiger partial charge >= 0.3 is 11.9 Å². The number of benzene rings is 2. The molecule has 13 atom stereocenters. The van der Waals surface area contributed by atoms with Crippen molar-refractivity contribution in [3.8, 4) is 23.0 Å². The van der Waals surface area contributed by atoms with Crippen LogP contribution in [0.2, 0.25) is 0 Å². The molecule has 4 rings (SSSR count). The molecule has 2 aromatic carbocycles. The van der Waals surface area contributed by atoms with Crippen molar-refractivity contribution in [2.24, 2.45) is 11.8 Å². The molecule has 0 aromatic heterocycles. The number of hydrogen-bond acceptors (Lipinski definition) is 19. The summed E-state index contributed by atoms with van der Waals surface area (Å²) in [6, 6.07) is 9.23. The standard InChI is InChI=1S/C38H54O20/c1-38(51,12-28(42)43)13-29(44)54-17-27-31(46)33(48)35(50)37(58-27)56-16-21(9-19-5-7-23(41)25(11-19)53-3)20(8-18-4-6-22(40)24(10-18)52-2)15-55-36-34(49)32(47)30(45)26(14-39)57-36/h4-7,10-11,20-21,26-27,30-37,39-41,45-51H,8-9,12-17H2,1-3H3,(H,42,43). The molecular formula is C38H54O20. The number of esters is 1. The number of carboxylic acids is 1. The Hall–Kier alpha value is -3.90. The summed E-state index contributed by atoms with van der Waals surface area (Å²) in [5.74, 6) is -3.65. The number of aromatic hydroxyl groups is 2. The lowest BCUT2D eigenvalue weighted by molar-refractivity contribution is -0.309. The van der Waals surface area contributed by atoms with Gasteiger partial charge in [0.15, 0.2) is 35.6 Å². The monoisotopic (exact) mass is 830 g/mol. The third kappa shape index (κ3) is 12.3. The van der Waals surface area contributed by atoms with Gasteiger partial charge in [-0.15, -0.1) is 0 Å². The lowest BCUT2D eigenvalue weighted by atomic mass is 9.83. The summed E-state index contributed by atoms with van der Waals surface area (Å²) in [4.78, 5) is 23.5. The Morgan fingerprint density at radius 1 is 0.707 bits per heavy atom. The number of hydrogen-bond donors (Lipinski definition) is 11. The number of carbonyl (C=O) groups excluding carboxylic acids is 1. The Labute approximate surface area is 333 Å². The molecule has 0 bridgehead atoms. The number of phenols is 2. The van der Waals surface area contributed by atoms with Gasteiger partial charge in [-0.2, -0.15) is 0 Å². The fraction of sp³-hybridized carbons (Fsp3) is 0.632. The lowest BCUT2D eigenvalue weighted by Gasteiger charge is -2.41. The van der Waals surface area contributed by atoms with E-state index in [-0.39, 0.29) is 49.1 Å². The van der Waals surface area contributed by atoms with E-state index in [1.165, 1.54) is 26.4 Å². The first-order valence-electron chi connectivity index (χ1n) is 18.4. The molecule has 2 heterocycles. The zero-order valence-corrected chi connectivity index (χ0v) is 32.1. The minimum absolute atomic E-state index is 0.133. The molecule has 0 spiro atoms. The van der Waals surface area contributed by atoms with Crippen molar-refractivity contribution in [1.82, 2.24) is 0 Å². The molecule has 0 aliphatic carbocycles. The molecule has 20 nitrogen and oxygen atoms in total. The maximum absolute atomic E-state index is 12.4. The van der Waals surface area contributed by atoms with Crippen LogP contribution in [0.4, 0.5) is 0 Å². The highest BCUT2D eigenvalue weighted by Gasteiger charge is 2.46. The van der Waals surface area contributed by atoms with Crippen LogP contribution in [0.25, 0.3) is 0 Å². The number of rotatable bonds is 20. The molecule has 0 saturated carbocycles. The summed E-state index contributed by atoms with van der Waals surface area (Å²) in [5.41, 5.74) is -0.697. The Balaban J connectivity index is 1.62. The van der Waals surface area contributed by atoms with Gasteiger partial charge in [-0.25, -0.2) is 0 Å². The predicted molar refractivity (Wildman–Crippen MR) is 195 cm³/mol. The Bertz CT molecular complexity index is 1640. The van der Waals surface area contributed by atoms with Gasteiger partial charge in [0.25, 0.3) is 0 Å². The molecule has 0 radical (unpaired) electrons. The van der Waals surface area contributed by atoms with Crippen molar-refractivity contribution >= 4 is 11.9 Å². The molecule has 0 amide bonds. The zero-order valence-electron chi connectivity index (χ0n) is 32.1. The minimum Gasteiger partial charge on any atom is -0.504 e. The SMILES string of the molecule is COc1cc(CC(COC2OC(CO)C(O)C(O)C2O)C(COC2OC(COC(=O)CC(C)(O)CC(=O)O)C(O)C(O)C2O)Cc2ccc(O)c(OC)c2)ccc1O. The van der Waals surface area contributed by atoms with E-state index in [1.54, 1.807) is 24.3 Å². The quantitative estimate of drug-likeness (QED) is 0.0639. The average Bonchev–Trinajstić information content (AvgIpc) is 3.17. The number of phenolic OH excluding ortho intramolecular Hbond substituents is 2. The third-order valence-electron chi connectivity index (χ3n) is 10.1. The molecule has 13 unspecified atom stereocenters. The number of aliphatic hydroxyl groups excluding tert-OH is 7. The first-order chi connectivity index (χ1) is 27.4. The van der Waals surface area contributed by atoms with E-state index in [0.29, 0.717) is 11.1 Å². The van der Waals surface area contributed by atoms with Crippen LogP contribution in [-0.4, -0.2) is 176 Å². The fourth-order valence-electron chi connectivity index (χ4n) is 6.79. The number of aliphatic carboxylic acids is 1. The highest BCUT2D eigenvalue weighted by molar-refractivity contribution is 5.73. The molecule has 20 heteroatoms. The van der Waals surface area contributed by atoms with E-state index in [0.717, 1.165) is 6.92 Å². The van der Waals surface area contributed by atoms with Crippen molar-refractivity contribution in [1.29, 1.82) is 0 Å². The number of carboxylic acid groups (broad SMARTS) is 1. The first kappa shape index (κ1) is 46.8. The van der Waals surface area contributed by atoms with Crippen molar-refractivity contribution in [3.63, 3.8) is 0 Å². The van der Waals surface area contributed by atoms with Crippen LogP contribution in [0.1, 0.15) is 30.9 Å². The molecule has 2 saturated heterocycles. The smallest absolute Gasteiger partial charge is 0.308 e. The number of aliphatic hydroxyl groups is 8. The zero-order chi connectivity index (χ0) is 42.9. The van der Waals surface area contributed by atoms with Crippen LogP contribution in [0.15, 0.2) is 36.4 Å². The van der Waals surface area contributed by atoms with E-state index in [1.807, 2.05) is 0 Å². The molecule has 2 fully saturated rings. The van der Waals surface area contributed by atoms with E-state index < -0.39 is 117 Å². The number of ether oxygens (including phenoxy) is 7. The third-order valence-corrected chi connectivity index (χ3v) is 10.1. The normalized spacial score (nSPS) is 29.5. The second-order valence-electron chi connectivity index (χ2n) is 14.7. The summed E-state index contributed by atoms with van der Waals surface area (Å²) in [6.45, 7) is -0.771. The largest absolute Gasteiger partial charge is 0.504 e. The highest BCUT2D eigenvalue weighted by Crippen LogP contribution is 2.34. The summed E-state index contributed by atoms with van der Waals surface area (Å²) in [5, 5.41) is 113. The van der Waals surface area contributed by atoms with Crippen LogP contribution >= 0.6 is 0 Å². The Kier molecular flexibility index (Phi) is 16.8. The van der Waals surface area contributed by atoms with E-state index >= 15 is 0 Å². The van der Waals surface area contributed by atoms with Gasteiger partial charge in [0.05, 0.1) is 52.5 Å². The summed E-state index contributed by atoms with van der Waals surface area (Å²) in [6.07, 6.45) is -17.5. The van der Waals surface area contributed by atoms with Crippen LogP contribution in [-0.2, 0) is 46.1 Å². The molecule has 2 aromatic rings. The maximum Gasteiger partial charge on any atom is 0.308 e. The topological polar surface area (TPSA) is 321 Å². The van der Waals surface area contributed by atoms with Gasteiger partial charge < -0.3 is 89.3 Å². The summed E-state index contributed by atoms with van der Waals surface area (Å²) < 4.78 is 39.1. The molecule has 326 valence electrons. The van der Waals surface area contributed by atoms with Crippen molar-refractivity contribution in [2.75, 3.05) is 40.6 Å². The van der Waals surface area contributed by atoms with Crippen molar-refractivity contribution in [2.45, 2.75) is 99.6 Å². The van der Waals surface area contributed by atoms with Crippen LogP contribution in [0.3, 0.4) is 0 Å². The summed E-state index contributed by atoms with van der Waals surface area (Å²) in [7, 11) is 2.73. The maximum atomic E-state index is 12.4. The molecule has 11 N–H and O–H groups in total. The van der Waals surface area contributed by atoms with Gasteiger partial charge in [-0.1, -0.05) is 12.1 Å². The second kappa shape index (κ2) is 20.9. The van der Waals surface area contributed by atoms with E-state index in [4.69, 9.17) is 38.3 Å². The van der Waals surface area contributed by atoms with Gasteiger partial charge in [0, 0.05) is 0 Å².